The van der Waals surface area contributed by atoms with E-state index in [9.17, 15) is 19.5 Å². The maximum atomic E-state index is 13.1. The molecule has 2 amide bonds. The fraction of sp³-hybridized carbons (Fsp3) is 0.500. The van der Waals surface area contributed by atoms with E-state index in [-0.39, 0.29) is 35.9 Å². The van der Waals surface area contributed by atoms with E-state index >= 15 is 0 Å². The molecule has 10 nitrogen and oxygen atoms in total. The molecule has 5 atom stereocenters. The first-order valence-corrected chi connectivity index (χ1v) is 14.0. The van der Waals surface area contributed by atoms with Crippen molar-refractivity contribution in [3.05, 3.63) is 53.1 Å². The summed E-state index contributed by atoms with van der Waals surface area (Å²) < 4.78 is 12.2. The normalized spacial score (nSPS) is 26.9. The summed E-state index contributed by atoms with van der Waals surface area (Å²) in [6.07, 6.45) is 2.38. The zero-order valence-corrected chi connectivity index (χ0v) is 22.9. The predicted octanol–water partition coefficient (Wildman–Crippen LogP) is 1.75. The summed E-state index contributed by atoms with van der Waals surface area (Å²) >= 11 is 0. The molecule has 10 heteroatoms. The fourth-order valence-electron chi connectivity index (χ4n) is 7.31. The molecule has 40 heavy (non-hydrogen) atoms. The van der Waals surface area contributed by atoms with Crippen molar-refractivity contribution in [1.29, 1.82) is 0 Å². The Hall–Kier alpha value is -3.63. The van der Waals surface area contributed by atoms with Gasteiger partial charge in [-0.3, -0.25) is 9.59 Å². The molecule has 2 heterocycles. The number of hydrogen-bond acceptors (Lipinski definition) is 8. The predicted molar refractivity (Wildman–Crippen MR) is 146 cm³/mol. The first-order valence-electron chi connectivity index (χ1n) is 14.0. The number of likely N-dealkylation sites (tertiary alicyclic amines) is 1. The van der Waals surface area contributed by atoms with Crippen molar-refractivity contribution in [2.75, 3.05) is 33.7 Å². The number of nitrogens with two attached hydrogens (primary N) is 1. The third kappa shape index (κ3) is 4.30. The van der Waals surface area contributed by atoms with Gasteiger partial charge in [-0.25, -0.2) is 4.79 Å². The highest BCUT2D eigenvalue weighted by atomic mass is 16.6. The van der Waals surface area contributed by atoms with Gasteiger partial charge in [-0.15, -0.1) is 0 Å². The van der Waals surface area contributed by atoms with Gasteiger partial charge in [-0.05, 0) is 74.5 Å². The molecule has 4 N–H and O–H groups in total. The monoisotopic (exact) mass is 548 g/mol. The molecule has 0 unspecified atom stereocenters. The van der Waals surface area contributed by atoms with Gasteiger partial charge in [-0.1, -0.05) is 18.2 Å². The topological polar surface area (TPSA) is 134 Å². The Labute approximate surface area is 233 Å². The van der Waals surface area contributed by atoms with Crippen LogP contribution in [0.5, 0.6) is 17.2 Å². The zero-order chi connectivity index (χ0) is 28.2. The molecule has 1 saturated heterocycles. The van der Waals surface area contributed by atoms with Crippen molar-refractivity contribution >= 4 is 17.8 Å². The van der Waals surface area contributed by atoms with Crippen LogP contribution in [0.3, 0.4) is 0 Å². The fourth-order valence-corrected chi connectivity index (χ4v) is 7.31. The number of phenolic OH excluding ortho intramolecular Hbond substituents is 1. The number of phenols is 1. The van der Waals surface area contributed by atoms with Crippen LogP contribution in [-0.4, -0.2) is 84.6 Å². The summed E-state index contributed by atoms with van der Waals surface area (Å²) in [4.78, 5) is 42.3. The van der Waals surface area contributed by atoms with Crippen molar-refractivity contribution in [3.8, 4) is 17.2 Å². The number of nitrogens with one attached hydrogen (secondary N) is 1. The number of nitrogens with zero attached hydrogens (tertiary/aromatic N) is 2. The van der Waals surface area contributed by atoms with Crippen molar-refractivity contribution in [2.24, 2.45) is 11.7 Å². The lowest BCUT2D eigenvalue weighted by Crippen LogP contribution is -2.65. The van der Waals surface area contributed by atoms with Gasteiger partial charge in [0.2, 0.25) is 5.91 Å². The number of carbonyl (C=O) groups is 3. The number of ether oxygens (including phenoxy) is 2. The Balaban J connectivity index is 1.10. The van der Waals surface area contributed by atoms with Gasteiger partial charge in [0, 0.05) is 43.6 Å². The highest BCUT2D eigenvalue weighted by molar-refractivity contribution is 5.89. The molecule has 2 aromatic carbocycles. The average Bonchev–Trinajstić information content (AvgIpc) is 3.29. The van der Waals surface area contributed by atoms with Crippen molar-refractivity contribution in [2.45, 2.75) is 55.7 Å². The van der Waals surface area contributed by atoms with Crippen LogP contribution in [0.15, 0.2) is 36.4 Å². The summed E-state index contributed by atoms with van der Waals surface area (Å²) in [5, 5.41) is 12.2. The van der Waals surface area contributed by atoms with E-state index < -0.39 is 18.2 Å². The van der Waals surface area contributed by atoms with Crippen molar-refractivity contribution < 1.29 is 29.0 Å². The van der Waals surface area contributed by atoms with Crippen LogP contribution in [-0.2, 0) is 27.8 Å². The molecule has 212 valence electrons. The second kappa shape index (κ2) is 10.1. The molecule has 2 fully saturated rings. The number of rotatable bonds is 7. The number of ketones is 1. The SMILES string of the molecule is CN(CCNC(=O)[C@H](N)Cc1ccc(O)cc1)C(=O)Oc1ccc2c3c1O[C@H]1C(=O)CC[C@H]4[C@@H](C2)N(C)CC[C@]314. The molecule has 2 bridgehead atoms. The minimum absolute atomic E-state index is 0.136. The Bertz CT molecular complexity index is 1350. The Morgan fingerprint density at radius 2 is 2.05 bits per heavy atom. The second-order valence-corrected chi connectivity index (χ2v) is 11.6. The highest BCUT2D eigenvalue weighted by Gasteiger charge is 2.65. The van der Waals surface area contributed by atoms with Gasteiger partial charge in [0.05, 0.1) is 6.04 Å². The smallest absolute Gasteiger partial charge is 0.415 e. The highest BCUT2D eigenvalue weighted by Crippen LogP contribution is 2.63. The van der Waals surface area contributed by atoms with Gasteiger partial charge < -0.3 is 35.4 Å². The molecule has 1 spiro atoms. The molecule has 2 aromatic rings. The van der Waals surface area contributed by atoms with Gasteiger partial charge in [0.1, 0.15) is 5.75 Å². The summed E-state index contributed by atoms with van der Waals surface area (Å²) in [5.74, 6) is 1.18. The summed E-state index contributed by atoms with van der Waals surface area (Å²) in [7, 11) is 3.77. The van der Waals surface area contributed by atoms with E-state index in [1.165, 1.54) is 10.5 Å². The third-order valence-electron chi connectivity index (χ3n) is 9.35. The second-order valence-electron chi connectivity index (χ2n) is 11.6. The number of likely N-dealkylation sites (N-methyl/N-ethyl adjacent to an activating group) is 2. The summed E-state index contributed by atoms with van der Waals surface area (Å²) in [6, 6.07) is 9.96. The number of hydrogen-bond donors (Lipinski definition) is 3. The molecule has 2 aliphatic carbocycles. The van der Waals surface area contributed by atoms with Crippen LogP contribution < -0.4 is 20.5 Å². The van der Waals surface area contributed by atoms with Crippen LogP contribution >= 0.6 is 0 Å². The van der Waals surface area contributed by atoms with E-state index in [2.05, 4.69) is 17.3 Å². The van der Waals surface area contributed by atoms with Crippen LogP contribution in [0.2, 0.25) is 0 Å². The standard InChI is InChI=1S/C30H36N4O6/c1-33-13-11-30-20-8-9-23(36)27(30)40-26-24(10-5-18(25(26)30)16-22(20)33)39-29(38)34(2)14-12-32-28(37)21(31)15-17-3-6-19(35)7-4-17/h3-7,10,20-22,27,35H,8-9,11-16,31H2,1-2H3,(H,32,37)/t20-,21+,22+,27-,30-/m0/s1. The molecule has 0 aromatic heterocycles. The van der Waals surface area contributed by atoms with Crippen molar-refractivity contribution in [1.82, 2.24) is 15.1 Å². The Morgan fingerprint density at radius 3 is 2.83 bits per heavy atom. The Morgan fingerprint density at radius 1 is 1.27 bits per heavy atom. The first kappa shape index (κ1) is 26.6. The van der Waals surface area contributed by atoms with Gasteiger partial charge in [-0.2, -0.15) is 0 Å². The third-order valence-corrected chi connectivity index (χ3v) is 9.35. The number of benzene rings is 2. The van der Waals surface area contributed by atoms with E-state index in [4.69, 9.17) is 15.2 Å². The number of piperidine rings is 1. The molecular weight excluding hydrogens is 512 g/mol. The maximum Gasteiger partial charge on any atom is 0.415 e. The zero-order valence-electron chi connectivity index (χ0n) is 22.9. The number of aromatic hydroxyl groups is 1. The number of carbonyl (C=O) groups excluding carboxylic acids is 3. The molecule has 1 saturated carbocycles. The lowest BCUT2D eigenvalue weighted by Gasteiger charge is -2.57. The van der Waals surface area contributed by atoms with Gasteiger partial charge in [0.25, 0.3) is 0 Å². The van der Waals surface area contributed by atoms with E-state index in [1.807, 2.05) is 6.07 Å². The van der Waals surface area contributed by atoms with Crippen molar-refractivity contribution in [3.63, 3.8) is 0 Å². The minimum Gasteiger partial charge on any atom is -0.508 e. The lowest BCUT2D eigenvalue weighted by molar-refractivity contribution is -0.138. The number of Topliss-reactive ketones (excluding diaryl/α,β-unsaturated/α-hetero) is 1. The van der Waals surface area contributed by atoms with Crippen LogP contribution in [0, 0.1) is 5.92 Å². The number of amides is 2. The molecular formula is C30H36N4O6. The van der Waals surface area contributed by atoms with Crippen LogP contribution in [0.1, 0.15) is 36.0 Å². The minimum atomic E-state index is -0.757. The average molecular weight is 549 g/mol. The summed E-state index contributed by atoms with van der Waals surface area (Å²) in [6.45, 7) is 1.33. The van der Waals surface area contributed by atoms with E-state index in [0.717, 1.165) is 36.9 Å². The van der Waals surface area contributed by atoms with E-state index in [1.54, 1.807) is 37.4 Å². The molecule has 6 rings (SSSR count). The van der Waals surface area contributed by atoms with Crippen LogP contribution in [0.4, 0.5) is 4.79 Å². The van der Waals surface area contributed by atoms with Gasteiger partial charge >= 0.3 is 6.09 Å². The first-order chi connectivity index (χ1) is 19.2. The maximum absolute atomic E-state index is 13.1. The summed E-state index contributed by atoms with van der Waals surface area (Å²) in [5.41, 5.74) is 8.78. The van der Waals surface area contributed by atoms with Crippen LogP contribution in [0.25, 0.3) is 0 Å². The molecule has 0 radical (unpaired) electrons. The van der Waals surface area contributed by atoms with E-state index in [0.29, 0.717) is 36.3 Å². The Kier molecular flexibility index (Phi) is 6.70. The largest absolute Gasteiger partial charge is 0.508 e. The molecule has 4 aliphatic rings. The van der Waals surface area contributed by atoms with Gasteiger partial charge in [0.15, 0.2) is 23.4 Å². The lowest BCUT2D eigenvalue weighted by atomic mass is 9.52. The quantitative estimate of drug-likeness (QED) is 0.477. The molecule has 2 aliphatic heterocycles.